The summed E-state index contributed by atoms with van der Waals surface area (Å²) in [6, 6.07) is 0. The minimum atomic E-state index is 0.788. The molecule has 0 aliphatic rings. The first-order valence-corrected chi connectivity index (χ1v) is 4.55. The summed E-state index contributed by atoms with van der Waals surface area (Å²) in [7, 11) is 3.70. The van der Waals surface area contributed by atoms with Gasteiger partial charge in [-0.25, -0.2) is 5.01 Å². The molecule has 71 valence electrons. The predicted octanol–water partition coefficient (Wildman–Crippen LogP) is 1.41. The van der Waals surface area contributed by atoms with Gasteiger partial charge in [-0.1, -0.05) is 26.2 Å². The molecule has 1 amide bonds. The van der Waals surface area contributed by atoms with Crippen molar-refractivity contribution in [2.24, 2.45) is 0 Å². The molecule has 3 heteroatoms. The van der Waals surface area contributed by atoms with Gasteiger partial charge in [0, 0.05) is 20.6 Å². The van der Waals surface area contributed by atoms with Crippen molar-refractivity contribution in [3.63, 3.8) is 0 Å². The van der Waals surface area contributed by atoms with E-state index in [9.17, 15) is 4.79 Å². The topological polar surface area (TPSA) is 23.6 Å². The minimum Gasteiger partial charge on any atom is -0.267 e. The molecule has 0 saturated carbocycles. The summed E-state index contributed by atoms with van der Waals surface area (Å²) in [5, 5.41) is 3.33. The molecular weight excluding hydrogens is 152 g/mol. The van der Waals surface area contributed by atoms with Crippen LogP contribution < -0.4 is 0 Å². The SMILES string of the molecule is CCCCCCN([C]=O)N(C)C. The van der Waals surface area contributed by atoms with Crippen molar-refractivity contribution in [1.82, 2.24) is 10.0 Å². The lowest BCUT2D eigenvalue weighted by Crippen LogP contribution is -2.36. The smallest absolute Gasteiger partial charge is 0.267 e. The van der Waals surface area contributed by atoms with Gasteiger partial charge in [0.25, 0.3) is 0 Å². The highest BCUT2D eigenvalue weighted by molar-refractivity contribution is 5.46. The number of carbonyl (C=O) groups excluding carboxylic acids is 1. The Hall–Kier alpha value is -0.570. The predicted molar refractivity (Wildman–Crippen MR) is 50.2 cm³/mol. The van der Waals surface area contributed by atoms with Gasteiger partial charge in [-0.2, -0.15) is 0 Å². The van der Waals surface area contributed by atoms with Gasteiger partial charge in [-0.3, -0.25) is 9.80 Å². The Morgan fingerprint density at radius 1 is 1.17 bits per heavy atom. The lowest BCUT2D eigenvalue weighted by atomic mass is 10.2. The van der Waals surface area contributed by atoms with Gasteiger partial charge in [0.2, 0.25) is 0 Å². The Labute approximate surface area is 75.3 Å². The van der Waals surface area contributed by atoms with Gasteiger partial charge < -0.3 is 0 Å². The number of hydrogen-bond donors (Lipinski definition) is 0. The molecule has 0 atom stereocenters. The third kappa shape index (κ3) is 5.13. The first-order valence-electron chi connectivity index (χ1n) is 4.55. The monoisotopic (exact) mass is 171 g/mol. The number of rotatable bonds is 7. The standard InChI is InChI=1S/C9H19N2O/c1-4-5-6-7-8-11(9-12)10(2)3/h4-8H2,1-3H3. The van der Waals surface area contributed by atoms with E-state index >= 15 is 0 Å². The third-order valence-corrected chi connectivity index (χ3v) is 1.81. The van der Waals surface area contributed by atoms with E-state index in [1.807, 2.05) is 20.5 Å². The largest absolute Gasteiger partial charge is 0.327 e. The fourth-order valence-corrected chi connectivity index (χ4v) is 1.02. The van der Waals surface area contributed by atoms with E-state index in [-0.39, 0.29) is 0 Å². The lowest BCUT2D eigenvalue weighted by molar-refractivity contribution is 0.103. The molecule has 3 nitrogen and oxygen atoms in total. The van der Waals surface area contributed by atoms with Gasteiger partial charge in [-0.15, -0.1) is 0 Å². The molecule has 0 spiro atoms. The maximum Gasteiger partial charge on any atom is 0.327 e. The van der Waals surface area contributed by atoms with E-state index in [0.717, 1.165) is 13.0 Å². The summed E-state index contributed by atoms with van der Waals surface area (Å²) in [4.78, 5) is 10.4. The van der Waals surface area contributed by atoms with Crippen molar-refractivity contribution >= 4 is 6.41 Å². The Balaban J connectivity index is 3.38. The van der Waals surface area contributed by atoms with E-state index in [0.29, 0.717) is 0 Å². The maximum atomic E-state index is 10.4. The molecule has 1 radical (unpaired) electrons. The van der Waals surface area contributed by atoms with Crippen LogP contribution in [0.15, 0.2) is 0 Å². The zero-order valence-corrected chi connectivity index (χ0v) is 8.34. The summed E-state index contributed by atoms with van der Waals surface area (Å²) in [5.74, 6) is 0. The second-order valence-corrected chi connectivity index (χ2v) is 3.12. The Morgan fingerprint density at radius 3 is 2.25 bits per heavy atom. The summed E-state index contributed by atoms with van der Waals surface area (Å²) in [6.07, 6.45) is 6.63. The normalized spacial score (nSPS) is 10.3. The molecule has 0 aliphatic carbocycles. The average molecular weight is 171 g/mol. The Kier molecular flexibility index (Phi) is 6.76. The molecule has 0 heterocycles. The van der Waals surface area contributed by atoms with Crippen molar-refractivity contribution in [3.8, 4) is 0 Å². The van der Waals surface area contributed by atoms with E-state index in [2.05, 4.69) is 6.92 Å². The fourth-order valence-electron chi connectivity index (χ4n) is 1.02. The fraction of sp³-hybridized carbons (Fsp3) is 0.889. The molecule has 0 fully saturated rings. The Morgan fingerprint density at radius 2 is 1.83 bits per heavy atom. The van der Waals surface area contributed by atoms with Crippen LogP contribution in [0.3, 0.4) is 0 Å². The molecule has 0 aliphatic heterocycles. The van der Waals surface area contributed by atoms with E-state index in [1.165, 1.54) is 19.3 Å². The second kappa shape index (κ2) is 7.10. The van der Waals surface area contributed by atoms with Gasteiger partial charge in [0.15, 0.2) is 0 Å². The van der Waals surface area contributed by atoms with Crippen LogP contribution in [0.25, 0.3) is 0 Å². The van der Waals surface area contributed by atoms with Crippen molar-refractivity contribution in [2.75, 3.05) is 20.6 Å². The van der Waals surface area contributed by atoms with Crippen molar-refractivity contribution in [2.45, 2.75) is 32.6 Å². The first-order chi connectivity index (χ1) is 5.72. The molecule has 0 bridgehead atoms. The van der Waals surface area contributed by atoms with E-state index in [4.69, 9.17) is 0 Å². The van der Waals surface area contributed by atoms with E-state index in [1.54, 1.807) is 10.0 Å². The number of amides is 1. The average Bonchev–Trinajstić information content (AvgIpc) is 2.04. The molecule has 0 saturated heterocycles. The summed E-state index contributed by atoms with van der Waals surface area (Å²) in [5.41, 5.74) is 0. The van der Waals surface area contributed by atoms with Crippen LogP contribution in [0.2, 0.25) is 0 Å². The van der Waals surface area contributed by atoms with Crippen LogP contribution >= 0.6 is 0 Å². The number of nitrogens with zero attached hydrogens (tertiary/aromatic N) is 2. The molecule has 0 aromatic rings. The lowest BCUT2D eigenvalue weighted by Gasteiger charge is -2.22. The molecular formula is C9H19N2O. The summed E-state index contributed by atoms with van der Waals surface area (Å²) >= 11 is 0. The zero-order valence-electron chi connectivity index (χ0n) is 8.34. The van der Waals surface area contributed by atoms with Crippen LogP contribution in [0, 0.1) is 0 Å². The number of hydrogen-bond acceptors (Lipinski definition) is 2. The maximum absolute atomic E-state index is 10.4. The minimum absolute atomic E-state index is 0.788. The first kappa shape index (κ1) is 11.4. The quantitative estimate of drug-likeness (QED) is 0.328. The van der Waals surface area contributed by atoms with Crippen molar-refractivity contribution < 1.29 is 4.79 Å². The van der Waals surface area contributed by atoms with Crippen molar-refractivity contribution in [1.29, 1.82) is 0 Å². The highest BCUT2D eigenvalue weighted by Crippen LogP contribution is 2.00. The zero-order chi connectivity index (χ0) is 9.40. The molecule has 0 rings (SSSR count). The summed E-state index contributed by atoms with van der Waals surface area (Å²) in [6.45, 7) is 2.96. The van der Waals surface area contributed by atoms with Gasteiger partial charge >= 0.3 is 6.41 Å². The van der Waals surface area contributed by atoms with Crippen LogP contribution in [0.1, 0.15) is 32.6 Å². The molecule has 0 unspecified atom stereocenters. The van der Waals surface area contributed by atoms with Gasteiger partial charge in [0.1, 0.15) is 0 Å². The van der Waals surface area contributed by atoms with E-state index < -0.39 is 0 Å². The van der Waals surface area contributed by atoms with Gasteiger partial charge in [-0.05, 0) is 6.42 Å². The molecule has 12 heavy (non-hydrogen) atoms. The van der Waals surface area contributed by atoms with Crippen LogP contribution in [-0.2, 0) is 4.79 Å². The molecule has 0 aromatic carbocycles. The third-order valence-electron chi connectivity index (χ3n) is 1.81. The van der Waals surface area contributed by atoms with Crippen LogP contribution in [0.4, 0.5) is 0 Å². The molecule has 0 aromatic heterocycles. The highest BCUT2D eigenvalue weighted by Gasteiger charge is 2.03. The van der Waals surface area contributed by atoms with Gasteiger partial charge in [0.05, 0.1) is 0 Å². The van der Waals surface area contributed by atoms with Crippen LogP contribution in [0.5, 0.6) is 0 Å². The highest BCUT2D eigenvalue weighted by atomic mass is 16.1. The molecule has 0 N–H and O–H groups in total. The van der Waals surface area contributed by atoms with Crippen molar-refractivity contribution in [3.05, 3.63) is 0 Å². The van der Waals surface area contributed by atoms with Crippen LogP contribution in [-0.4, -0.2) is 37.1 Å². The second-order valence-electron chi connectivity index (χ2n) is 3.12. The Bertz CT molecular complexity index is 115. The number of unbranched alkanes of at least 4 members (excludes halogenated alkanes) is 3. The summed E-state index contributed by atoms with van der Waals surface area (Å²) < 4.78 is 0. The number of hydrazine groups is 1.